The Morgan fingerprint density at radius 3 is 2.00 bits per heavy atom. The van der Waals surface area contributed by atoms with Crippen LogP contribution in [0.2, 0.25) is 10.0 Å². The van der Waals surface area contributed by atoms with Gasteiger partial charge in [0.1, 0.15) is 0 Å². The molecule has 0 fully saturated rings. The van der Waals surface area contributed by atoms with E-state index >= 15 is 0 Å². The number of halogens is 2. The molecule has 0 spiro atoms. The van der Waals surface area contributed by atoms with Crippen LogP contribution in [0.3, 0.4) is 0 Å². The van der Waals surface area contributed by atoms with Gasteiger partial charge in [-0.3, -0.25) is 9.59 Å². The number of esters is 1. The summed E-state index contributed by atoms with van der Waals surface area (Å²) in [6, 6.07) is 14.3. The van der Waals surface area contributed by atoms with Gasteiger partial charge in [0.2, 0.25) is 0 Å². The summed E-state index contributed by atoms with van der Waals surface area (Å²) >= 11 is 11.6. The van der Waals surface area contributed by atoms with Crippen molar-refractivity contribution in [2.45, 2.75) is 12.8 Å². The molecule has 0 saturated heterocycles. The monoisotopic (exact) mass is 365 g/mol. The van der Waals surface area contributed by atoms with Gasteiger partial charge in [-0.05, 0) is 41.8 Å². The molecule has 0 atom stereocenters. The zero-order valence-electron chi connectivity index (χ0n) is 12.9. The highest BCUT2D eigenvalue weighted by molar-refractivity contribution is 6.30. The summed E-state index contributed by atoms with van der Waals surface area (Å²) in [5, 5.41) is 3.99. The molecule has 0 radical (unpaired) electrons. The Bertz CT molecular complexity index is 684. The van der Waals surface area contributed by atoms with Gasteiger partial charge in [-0.1, -0.05) is 47.5 Å². The topological polar surface area (TPSA) is 55.4 Å². The van der Waals surface area contributed by atoms with Gasteiger partial charge in [-0.25, -0.2) is 0 Å². The maximum atomic E-state index is 11.7. The molecule has 1 amide bonds. The lowest BCUT2D eigenvalue weighted by Gasteiger charge is -2.07. The lowest BCUT2D eigenvalue weighted by molar-refractivity contribution is -0.147. The van der Waals surface area contributed by atoms with Crippen LogP contribution in [0.1, 0.15) is 11.1 Å². The number of amides is 1. The van der Waals surface area contributed by atoms with Crippen molar-refractivity contribution in [1.82, 2.24) is 5.32 Å². The normalized spacial score (nSPS) is 10.2. The second-order valence-electron chi connectivity index (χ2n) is 5.19. The van der Waals surface area contributed by atoms with Crippen molar-refractivity contribution in [3.8, 4) is 0 Å². The molecule has 24 heavy (non-hydrogen) atoms. The molecule has 126 valence electrons. The quantitative estimate of drug-likeness (QED) is 0.764. The van der Waals surface area contributed by atoms with Gasteiger partial charge in [-0.2, -0.15) is 0 Å². The average Bonchev–Trinajstić information content (AvgIpc) is 2.57. The Morgan fingerprint density at radius 1 is 0.875 bits per heavy atom. The Kier molecular flexibility index (Phi) is 7.09. The summed E-state index contributed by atoms with van der Waals surface area (Å²) in [4.78, 5) is 23.3. The molecule has 1 N–H and O–H groups in total. The van der Waals surface area contributed by atoms with Crippen LogP contribution in [0.15, 0.2) is 48.5 Å². The molecular formula is C18H17Cl2NO3. The molecule has 4 nitrogen and oxygen atoms in total. The molecule has 0 unspecified atom stereocenters. The van der Waals surface area contributed by atoms with Gasteiger partial charge in [0.05, 0.1) is 6.42 Å². The highest BCUT2D eigenvalue weighted by Crippen LogP contribution is 2.10. The molecule has 2 aromatic carbocycles. The first kappa shape index (κ1) is 18.3. The SMILES string of the molecule is O=C(COC(=O)Cc1ccc(Cl)cc1)NCCc1ccc(Cl)cc1. The number of nitrogens with one attached hydrogen (secondary N) is 1. The molecule has 0 aliphatic heterocycles. The first-order valence-corrected chi connectivity index (χ1v) is 8.20. The largest absolute Gasteiger partial charge is 0.455 e. The van der Waals surface area contributed by atoms with Crippen LogP contribution < -0.4 is 5.32 Å². The number of hydrogen-bond acceptors (Lipinski definition) is 3. The Balaban J connectivity index is 1.64. The molecule has 2 aromatic rings. The number of rotatable bonds is 7. The highest BCUT2D eigenvalue weighted by Gasteiger charge is 2.08. The van der Waals surface area contributed by atoms with E-state index in [0.29, 0.717) is 23.0 Å². The van der Waals surface area contributed by atoms with E-state index < -0.39 is 5.97 Å². The van der Waals surface area contributed by atoms with Crippen molar-refractivity contribution in [3.63, 3.8) is 0 Å². The van der Waals surface area contributed by atoms with E-state index in [0.717, 1.165) is 11.1 Å². The number of ether oxygens (including phenoxy) is 1. The molecule has 0 aliphatic rings. The third kappa shape index (κ3) is 6.60. The predicted molar refractivity (Wildman–Crippen MR) is 94.3 cm³/mol. The smallest absolute Gasteiger partial charge is 0.310 e. The number of benzene rings is 2. The summed E-state index contributed by atoms with van der Waals surface area (Å²) in [5.74, 6) is -0.779. The third-order valence-corrected chi connectivity index (χ3v) is 3.78. The van der Waals surface area contributed by atoms with Crippen LogP contribution in [0, 0.1) is 0 Å². The maximum absolute atomic E-state index is 11.7. The zero-order chi connectivity index (χ0) is 17.4. The van der Waals surface area contributed by atoms with Crippen molar-refractivity contribution in [1.29, 1.82) is 0 Å². The molecule has 0 aromatic heterocycles. The van der Waals surface area contributed by atoms with E-state index in [1.165, 1.54) is 0 Å². The Morgan fingerprint density at radius 2 is 1.42 bits per heavy atom. The van der Waals surface area contributed by atoms with Crippen LogP contribution in [0.25, 0.3) is 0 Å². The number of carbonyl (C=O) groups is 2. The summed E-state index contributed by atoms with van der Waals surface area (Å²) in [6.07, 6.45) is 0.789. The van der Waals surface area contributed by atoms with Gasteiger partial charge in [0.15, 0.2) is 6.61 Å². The number of hydrogen-bond donors (Lipinski definition) is 1. The standard InChI is InChI=1S/C18H17Cl2NO3/c19-15-5-1-13(2-6-15)9-10-21-17(22)12-24-18(23)11-14-3-7-16(20)8-4-14/h1-8H,9-12H2,(H,21,22). The van der Waals surface area contributed by atoms with Crippen LogP contribution in [0.4, 0.5) is 0 Å². The summed E-state index contributed by atoms with van der Waals surface area (Å²) in [6.45, 7) is 0.183. The molecule has 0 saturated carbocycles. The molecule has 6 heteroatoms. The Labute approximate surface area is 150 Å². The van der Waals surface area contributed by atoms with Crippen LogP contribution in [-0.2, 0) is 27.2 Å². The van der Waals surface area contributed by atoms with Gasteiger partial charge < -0.3 is 10.1 Å². The van der Waals surface area contributed by atoms with E-state index in [-0.39, 0.29) is 18.9 Å². The second kappa shape index (κ2) is 9.30. The lowest BCUT2D eigenvalue weighted by atomic mass is 10.1. The zero-order valence-corrected chi connectivity index (χ0v) is 14.4. The summed E-state index contributed by atoms with van der Waals surface area (Å²) in [5.41, 5.74) is 1.85. The van der Waals surface area contributed by atoms with Crippen LogP contribution >= 0.6 is 23.2 Å². The molecule has 0 aliphatic carbocycles. The first-order chi connectivity index (χ1) is 11.5. The fourth-order valence-electron chi connectivity index (χ4n) is 2.01. The van der Waals surface area contributed by atoms with Crippen LogP contribution in [-0.4, -0.2) is 25.0 Å². The van der Waals surface area contributed by atoms with E-state index in [1.54, 1.807) is 36.4 Å². The summed E-state index contributed by atoms with van der Waals surface area (Å²) in [7, 11) is 0. The Hall–Kier alpha value is -2.04. The van der Waals surface area contributed by atoms with Gasteiger partial charge >= 0.3 is 5.97 Å². The molecular weight excluding hydrogens is 349 g/mol. The molecule has 0 bridgehead atoms. The lowest BCUT2D eigenvalue weighted by Crippen LogP contribution is -2.30. The van der Waals surface area contributed by atoms with Crippen molar-refractivity contribution in [2.24, 2.45) is 0 Å². The van der Waals surface area contributed by atoms with E-state index in [1.807, 2.05) is 12.1 Å². The summed E-state index contributed by atoms with van der Waals surface area (Å²) < 4.78 is 4.96. The van der Waals surface area contributed by atoms with Crippen molar-refractivity contribution in [3.05, 3.63) is 69.7 Å². The van der Waals surface area contributed by atoms with Crippen LogP contribution in [0.5, 0.6) is 0 Å². The number of carbonyl (C=O) groups excluding carboxylic acids is 2. The molecule has 0 heterocycles. The van der Waals surface area contributed by atoms with Crippen molar-refractivity contribution in [2.75, 3.05) is 13.2 Å². The fraction of sp³-hybridized carbons (Fsp3) is 0.222. The second-order valence-corrected chi connectivity index (χ2v) is 6.06. The van der Waals surface area contributed by atoms with Crippen molar-refractivity contribution < 1.29 is 14.3 Å². The van der Waals surface area contributed by atoms with E-state index in [9.17, 15) is 9.59 Å². The van der Waals surface area contributed by atoms with Gasteiger partial charge in [-0.15, -0.1) is 0 Å². The first-order valence-electron chi connectivity index (χ1n) is 7.44. The third-order valence-electron chi connectivity index (χ3n) is 3.28. The van der Waals surface area contributed by atoms with E-state index in [2.05, 4.69) is 5.32 Å². The van der Waals surface area contributed by atoms with Gasteiger partial charge in [0, 0.05) is 16.6 Å². The van der Waals surface area contributed by atoms with Crippen molar-refractivity contribution >= 4 is 35.1 Å². The minimum absolute atomic E-state index is 0.106. The fourth-order valence-corrected chi connectivity index (χ4v) is 2.27. The average molecular weight is 366 g/mol. The highest BCUT2D eigenvalue weighted by atomic mass is 35.5. The maximum Gasteiger partial charge on any atom is 0.310 e. The van der Waals surface area contributed by atoms with Gasteiger partial charge in [0.25, 0.3) is 5.91 Å². The van der Waals surface area contributed by atoms with E-state index in [4.69, 9.17) is 27.9 Å². The minimum atomic E-state index is -0.454. The molecule has 2 rings (SSSR count). The minimum Gasteiger partial charge on any atom is -0.455 e. The predicted octanol–water partition coefficient (Wildman–Crippen LogP) is 3.44.